The van der Waals surface area contributed by atoms with Gasteiger partial charge >= 0.3 is 0 Å². The monoisotopic (exact) mass is 488 g/mol. The third kappa shape index (κ3) is 4.28. The third-order valence-electron chi connectivity index (χ3n) is 7.22. The maximum atomic E-state index is 11.9. The number of carbonyl (C=O) groups is 1. The molecule has 6 heterocycles. The van der Waals surface area contributed by atoms with E-state index in [9.17, 15) is 10.1 Å². The van der Waals surface area contributed by atoms with Gasteiger partial charge in [-0.05, 0) is 31.7 Å². The fourth-order valence-corrected chi connectivity index (χ4v) is 5.35. The highest BCUT2D eigenvalue weighted by molar-refractivity contribution is 5.92. The highest BCUT2D eigenvalue weighted by Gasteiger charge is 2.38. The van der Waals surface area contributed by atoms with Crippen LogP contribution in [0, 0.1) is 11.3 Å². The Morgan fingerprint density at radius 3 is 2.75 bits per heavy atom. The molecule has 4 aliphatic rings. The van der Waals surface area contributed by atoms with Crippen molar-refractivity contribution in [1.82, 2.24) is 24.9 Å². The molecule has 0 spiro atoms. The van der Waals surface area contributed by atoms with Crippen LogP contribution in [0.4, 0.5) is 11.6 Å². The minimum atomic E-state index is -0.239. The van der Waals surface area contributed by atoms with Crippen molar-refractivity contribution >= 4 is 23.1 Å². The highest BCUT2D eigenvalue weighted by atomic mass is 16.5. The summed E-state index contributed by atoms with van der Waals surface area (Å²) in [5.41, 5.74) is 2.58. The van der Waals surface area contributed by atoms with Crippen molar-refractivity contribution in [1.29, 1.82) is 5.26 Å². The predicted molar refractivity (Wildman–Crippen MR) is 131 cm³/mol. The lowest BCUT2D eigenvalue weighted by atomic mass is 9.93. The SMILES string of the molecule is CNC(=O)c1ccnc(NC2CCC(Oc3cc(N4CC5CC(C4)O5)cn4ncc(C#N)c34)CC2)n1. The van der Waals surface area contributed by atoms with E-state index in [4.69, 9.17) is 9.47 Å². The van der Waals surface area contributed by atoms with Crippen LogP contribution in [0.2, 0.25) is 0 Å². The molecule has 0 radical (unpaired) electrons. The Morgan fingerprint density at radius 1 is 1.25 bits per heavy atom. The van der Waals surface area contributed by atoms with Crippen LogP contribution in [-0.2, 0) is 4.74 Å². The number of ether oxygens (including phenoxy) is 2. The van der Waals surface area contributed by atoms with Crippen molar-refractivity contribution in [3.05, 3.63) is 42.0 Å². The molecule has 0 aromatic carbocycles. The van der Waals surface area contributed by atoms with Crippen LogP contribution >= 0.6 is 0 Å². The third-order valence-corrected chi connectivity index (χ3v) is 7.22. The molecule has 1 aliphatic carbocycles. The van der Waals surface area contributed by atoms with Gasteiger partial charge in [0.25, 0.3) is 5.91 Å². The van der Waals surface area contributed by atoms with E-state index in [1.807, 2.05) is 12.3 Å². The van der Waals surface area contributed by atoms with Gasteiger partial charge in [-0.3, -0.25) is 4.79 Å². The molecule has 4 fully saturated rings. The fraction of sp³-hybridized carbons (Fsp3) is 0.480. The Balaban J connectivity index is 1.15. The summed E-state index contributed by atoms with van der Waals surface area (Å²) in [5, 5.41) is 20.0. The first-order chi connectivity index (χ1) is 17.6. The number of nitrogens with zero attached hydrogens (tertiary/aromatic N) is 6. The number of morpholine rings is 1. The Bertz CT molecular complexity index is 1310. The first-order valence-electron chi connectivity index (χ1n) is 12.4. The first-order valence-corrected chi connectivity index (χ1v) is 12.4. The van der Waals surface area contributed by atoms with E-state index in [0.29, 0.717) is 40.7 Å². The van der Waals surface area contributed by atoms with Gasteiger partial charge in [0.1, 0.15) is 28.6 Å². The predicted octanol–water partition coefficient (Wildman–Crippen LogP) is 2.14. The zero-order chi connectivity index (χ0) is 24.6. The standard InChI is InChI=1S/C25H28N8O3/c1-27-24(34)21-6-7-28-25(31-21)30-16-2-4-18(5-3-16)36-22-8-17(32-13-19-9-20(14-32)35-19)12-33-23(22)15(10-26)11-29-33/h6-8,11-12,16,18-20H,2-5,9,13-14H2,1H3,(H,27,34)(H,28,30,31). The second-order valence-corrected chi connectivity index (χ2v) is 9.63. The number of carbonyl (C=O) groups excluding carboxylic acids is 1. The van der Waals surface area contributed by atoms with Crippen LogP contribution in [0.3, 0.4) is 0 Å². The molecule has 3 aromatic rings. The summed E-state index contributed by atoms with van der Waals surface area (Å²) >= 11 is 0. The minimum Gasteiger partial charge on any atom is -0.488 e. The number of pyridine rings is 1. The van der Waals surface area contributed by atoms with Crippen LogP contribution in [0.1, 0.15) is 48.2 Å². The van der Waals surface area contributed by atoms with Crippen LogP contribution in [0.15, 0.2) is 30.7 Å². The number of hydrogen-bond donors (Lipinski definition) is 2. The Kier molecular flexibility index (Phi) is 5.81. The molecule has 186 valence electrons. The Morgan fingerprint density at radius 2 is 2.03 bits per heavy atom. The van der Waals surface area contributed by atoms with Crippen molar-refractivity contribution in [2.75, 3.05) is 30.4 Å². The maximum absolute atomic E-state index is 11.9. The number of amides is 1. The van der Waals surface area contributed by atoms with E-state index in [0.717, 1.165) is 50.9 Å². The number of hydrogen-bond acceptors (Lipinski definition) is 9. The lowest BCUT2D eigenvalue weighted by Gasteiger charge is -2.48. The number of anilines is 2. The van der Waals surface area contributed by atoms with Gasteiger partial charge in [-0.1, -0.05) is 0 Å². The van der Waals surface area contributed by atoms with Crippen LogP contribution in [-0.4, -0.2) is 70.0 Å². The Labute approximate surface area is 208 Å². The Hall–Kier alpha value is -3.91. The van der Waals surface area contributed by atoms with Crippen molar-refractivity contribution in [2.24, 2.45) is 0 Å². The molecule has 36 heavy (non-hydrogen) atoms. The zero-order valence-corrected chi connectivity index (χ0v) is 20.1. The van der Waals surface area contributed by atoms with Crippen LogP contribution in [0.25, 0.3) is 5.52 Å². The summed E-state index contributed by atoms with van der Waals surface area (Å²) in [6, 6.07) is 6.08. The van der Waals surface area contributed by atoms with Crippen molar-refractivity contribution in [3.63, 3.8) is 0 Å². The molecule has 11 nitrogen and oxygen atoms in total. The molecule has 7 rings (SSSR count). The van der Waals surface area contributed by atoms with Gasteiger partial charge in [0.05, 0.1) is 36.4 Å². The number of fused-ring (bicyclic) bond motifs is 3. The second kappa shape index (κ2) is 9.28. The van der Waals surface area contributed by atoms with Crippen molar-refractivity contribution in [2.45, 2.75) is 56.5 Å². The average Bonchev–Trinajstić information content (AvgIpc) is 3.33. The van der Waals surface area contributed by atoms with Gasteiger partial charge in [-0.15, -0.1) is 0 Å². The van der Waals surface area contributed by atoms with Gasteiger partial charge in [-0.25, -0.2) is 14.5 Å². The van der Waals surface area contributed by atoms with E-state index in [-0.39, 0.29) is 18.1 Å². The summed E-state index contributed by atoms with van der Waals surface area (Å²) in [6.45, 7) is 1.71. The molecule has 11 heteroatoms. The molecule has 2 atom stereocenters. The lowest BCUT2D eigenvalue weighted by Crippen LogP contribution is -2.57. The van der Waals surface area contributed by atoms with E-state index < -0.39 is 0 Å². The molecular formula is C25H28N8O3. The molecular weight excluding hydrogens is 460 g/mol. The van der Waals surface area contributed by atoms with Gasteiger partial charge in [0.2, 0.25) is 5.95 Å². The van der Waals surface area contributed by atoms with E-state index in [1.165, 1.54) is 0 Å². The largest absolute Gasteiger partial charge is 0.488 e. The lowest BCUT2D eigenvalue weighted by molar-refractivity contribution is -0.133. The molecule has 1 saturated carbocycles. The summed E-state index contributed by atoms with van der Waals surface area (Å²) in [7, 11) is 1.58. The molecule has 2 N–H and O–H groups in total. The number of nitriles is 1. The van der Waals surface area contributed by atoms with E-state index in [2.05, 4.69) is 36.7 Å². The molecule has 3 saturated heterocycles. The maximum Gasteiger partial charge on any atom is 0.269 e. The van der Waals surface area contributed by atoms with E-state index in [1.54, 1.807) is 30.0 Å². The summed E-state index contributed by atoms with van der Waals surface area (Å²) in [6.07, 6.45) is 10.3. The van der Waals surface area contributed by atoms with Crippen molar-refractivity contribution < 1.29 is 14.3 Å². The second-order valence-electron chi connectivity index (χ2n) is 9.63. The van der Waals surface area contributed by atoms with Crippen molar-refractivity contribution in [3.8, 4) is 11.8 Å². The quantitative estimate of drug-likeness (QED) is 0.536. The molecule has 3 aromatic heterocycles. The number of nitrogens with one attached hydrogen (secondary N) is 2. The molecule has 2 bridgehead atoms. The molecule has 3 aliphatic heterocycles. The smallest absolute Gasteiger partial charge is 0.269 e. The van der Waals surface area contributed by atoms with E-state index >= 15 is 0 Å². The van der Waals surface area contributed by atoms with Gasteiger partial charge in [-0.2, -0.15) is 10.4 Å². The zero-order valence-electron chi connectivity index (χ0n) is 20.1. The number of aromatic nitrogens is 4. The highest BCUT2D eigenvalue weighted by Crippen LogP contribution is 2.36. The molecule has 1 amide bonds. The number of piperidine rings is 1. The van der Waals surface area contributed by atoms with Gasteiger partial charge in [0, 0.05) is 44.9 Å². The first kappa shape index (κ1) is 22.5. The van der Waals surface area contributed by atoms with Gasteiger partial charge < -0.3 is 25.0 Å². The van der Waals surface area contributed by atoms with Crippen LogP contribution in [0.5, 0.6) is 5.75 Å². The van der Waals surface area contributed by atoms with Crippen LogP contribution < -0.4 is 20.3 Å². The minimum absolute atomic E-state index is 0.0276. The number of rotatable bonds is 6. The topological polar surface area (TPSA) is 130 Å². The summed E-state index contributed by atoms with van der Waals surface area (Å²) in [5.74, 6) is 0.910. The average molecular weight is 489 g/mol. The fourth-order valence-electron chi connectivity index (χ4n) is 5.35. The van der Waals surface area contributed by atoms with Gasteiger partial charge in [0.15, 0.2) is 0 Å². The summed E-state index contributed by atoms with van der Waals surface area (Å²) < 4.78 is 14.1. The normalized spacial score (nSPS) is 25.1. The summed E-state index contributed by atoms with van der Waals surface area (Å²) in [4.78, 5) is 22.7. The molecule has 2 unspecified atom stereocenters.